The van der Waals surface area contributed by atoms with Crippen molar-refractivity contribution in [2.24, 2.45) is 33.9 Å². The van der Waals surface area contributed by atoms with Crippen molar-refractivity contribution in [3.8, 4) is 0 Å². The van der Waals surface area contributed by atoms with E-state index in [1.54, 1.807) is 6.07 Å². The highest BCUT2D eigenvalue weighted by Gasteiger charge is 2.70. The summed E-state index contributed by atoms with van der Waals surface area (Å²) < 4.78 is 1.01. The Bertz CT molecular complexity index is 1970. The van der Waals surface area contributed by atoms with Crippen molar-refractivity contribution in [2.45, 2.75) is 58.4 Å². The Morgan fingerprint density at radius 1 is 1.08 bits per heavy atom. The van der Waals surface area contributed by atoms with Gasteiger partial charge in [-0.1, -0.05) is 35.6 Å². The minimum atomic E-state index is -1.12. The lowest BCUT2D eigenvalue weighted by molar-refractivity contribution is 0.0690. The summed E-state index contributed by atoms with van der Waals surface area (Å²) in [7, 11) is 0. The fraction of sp³-hybridized carbons (Fsp3) is 0.395. The Hall–Kier alpha value is -4.57. The minimum absolute atomic E-state index is 0.0638. The van der Waals surface area contributed by atoms with Crippen molar-refractivity contribution in [3.05, 3.63) is 88.7 Å². The first kappa shape index (κ1) is 30.7. The van der Waals surface area contributed by atoms with Gasteiger partial charge in [-0.2, -0.15) is 0 Å². The number of para-hydroxylation sites is 1. The zero-order chi connectivity index (χ0) is 33.0. The first-order chi connectivity index (χ1) is 23.3. The second-order valence-corrected chi connectivity index (χ2v) is 15.0. The number of anilines is 2. The van der Waals surface area contributed by atoms with Gasteiger partial charge < -0.3 is 15.7 Å². The number of carboxylic acid groups (broad SMARTS) is 1. The Balaban J connectivity index is 0.963. The normalized spacial score (nSPS) is 24.4. The Morgan fingerprint density at radius 3 is 2.73 bits per heavy atom. The zero-order valence-corrected chi connectivity index (χ0v) is 27.9. The van der Waals surface area contributed by atoms with E-state index in [9.17, 15) is 14.7 Å². The lowest BCUT2D eigenvalue weighted by atomic mass is 9.76. The van der Waals surface area contributed by atoms with E-state index in [1.807, 2.05) is 60.4 Å². The number of thiazole rings is 1. The highest BCUT2D eigenvalue weighted by molar-refractivity contribution is 7.22. The summed E-state index contributed by atoms with van der Waals surface area (Å²) in [6.45, 7) is 3.67. The third kappa shape index (κ3) is 5.45. The Morgan fingerprint density at radius 2 is 1.96 bits per heavy atom. The number of fused-ring (bicyclic) bond motifs is 2. The smallest absolute Gasteiger partial charge is 0.355 e. The average Bonchev–Trinajstić information content (AvgIpc) is 3.32. The molecule has 4 aliphatic rings. The van der Waals surface area contributed by atoms with Gasteiger partial charge in [0.15, 0.2) is 10.8 Å². The highest BCUT2D eigenvalue weighted by Crippen LogP contribution is 2.78. The topological polar surface area (TPSA) is 134 Å². The number of aromatic nitrogens is 2. The molecule has 48 heavy (non-hydrogen) atoms. The van der Waals surface area contributed by atoms with Crippen LogP contribution in [0, 0.1) is 23.2 Å². The second kappa shape index (κ2) is 12.1. The summed E-state index contributed by atoms with van der Waals surface area (Å²) in [5.41, 5.74) is 11.9. The molecule has 8 rings (SSSR count). The van der Waals surface area contributed by atoms with Gasteiger partial charge in [0, 0.05) is 48.2 Å². The number of hydrogen-bond donors (Lipinski definition) is 3. The summed E-state index contributed by atoms with van der Waals surface area (Å²) >= 11 is 1.44. The number of aliphatic imine (C=N–C) groups is 1. The number of hydrogen-bond acceptors (Lipinski definition) is 8. The van der Waals surface area contributed by atoms with E-state index in [0.29, 0.717) is 53.7 Å². The molecule has 3 aliphatic carbocycles. The molecule has 4 N–H and O–H groups in total. The van der Waals surface area contributed by atoms with Crippen LogP contribution < -0.4 is 16.0 Å². The number of nitrogens with one attached hydrogen (secondary N) is 1. The van der Waals surface area contributed by atoms with Gasteiger partial charge in [0.25, 0.3) is 5.91 Å². The number of carboxylic acids is 1. The highest BCUT2D eigenvalue weighted by atomic mass is 32.1. The third-order valence-electron chi connectivity index (χ3n) is 11.4. The second-order valence-electron chi connectivity index (χ2n) is 14.0. The predicted octanol–water partition coefficient (Wildman–Crippen LogP) is 7.18. The van der Waals surface area contributed by atoms with Crippen LogP contribution in [0.15, 0.2) is 65.8 Å². The monoisotopic (exact) mass is 660 g/mol. The van der Waals surface area contributed by atoms with Gasteiger partial charge in [0.2, 0.25) is 0 Å². The fourth-order valence-corrected chi connectivity index (χ4v) is 9.69. The summed E-state index contributed by atoms with van der Waals surface area (Å²) in [4.78, 5) is 42.0. The number of pyridine rings is 1. The number of amides is 1. The number of rotatable bonds is 10. The van der Waals surface area contributed by atoms with Gasteiger partial charge in [-0.25, -0.2) is 14.8 Å². The number of benzene rings is 2. The van der Waals surface area contributed by atoms with E-state index in [0.717, 1.165) is 56.6 Å². The van der Waals surface area contributed by atoms with Crippen LogP contribution in [0.3, 0.4) is 0 Å². The predicted molar refractivity (Wildman–Crippen MR) is 191 cm³/mol. The fourth-order valence-electron chi connectivity index (χ4n) is 8.83. The quantitative estimate of drug-likeness (QED) is 0.121. The molecular formula is C38H40N6O3S. The lowest BCUT2D eigenvalue weighted by Gasteiger charge is -2.31. The summed E-state index contributed by atoms with van der Waals surface area (Å²) in [5, 5.41) is 13.8. The molecule has 10 heteroatoms. The standard InChI is InChI=1S/C38H40N6O3S/c1-22(40-14-5-6-23-16-25-17-26-19-38(25,26)18-23)29(20-39)27-11-12-33(42-34(27)36(46)47)44-15-13-24-7-4-8-28(30(24)21-44)35(45)43-37-41-31-9-2-3-10-32(31)48-37/h2-4,7-12,20,23,25-26H,5-6,13-19,21,39H2,1H3,(H,46,47)(H,41,43,45)/b29-20+,40-22?. The van der Waals surface area contributed by atoms with E-state index in [4.69, 9.17) is 10.7 Å². The van der Waals surface area contributed by atoms with Crippen molar-refractivity contribution in [2.75, 3.05) is 23.3 Å². The van der Waals surface area contributed by atoms with Crippen LogP contribution in [0.25, 0.3) is 15.8 Å². The molecule has 246 valence electrons. The first-order valence-electron chi connectivity index (χ1n) is 17.0. The van der Waals surface area contributed by atoms with Gasteiger partial charge in [-0.3, -0.25) is 15.1 Å². The van der Waals surface area contributed by atoms with Crippen molar-refractivity contribution < 1.29 is 14.7 Å². The number of allylic oxidation sites excluding steroid dienone is 1. The Labute approximate surface area is 284 Å². The van der Waals surface area contributed by atoms with Gasteiger partial charge in [0.05, 0.1) is 10.2 Å². The minimum Gasteiger partial charge on any atom is -0.476 e. The van der Waals surface area contributed by atoms with E-state index >= 15 is 0 Å². The van der Waals surface area contributed by atoms with E-state index in [1.165, 1.54) is 49.6 Å². The van der Waals surface area contributed by atoms with Crippen LogP contribution in [0.2, 0.25) is 0 Å². The maximum atomic E-state index is 13.5. The van der Waals surface area contributed by atoms with Crippen molar-refractivity contribution in [1.29, 1.82) is 0 Å². The molecule has 1 amide bonds. The van der Waals surface area contributed by atoms with Crippen LogP contribution in [0.5, 0.6) is 0 Å². The molecule has 3 heterocycles. The lowest BCUT2D eigenvalue weighted by Crippen LogP contribution is -2.33. The van der Waals surface area contributed by atoms with Crippen LogP contribution in [0.4, 0.5) is 10.9 Å². The number of nitrogens with zero attached hydrogens (tertiary/aromatic N) is 4. The number of nitrogens with two attached hydrogens (primary N) is 1. The molecule has 3 fully saturated rings. The summed E-state index contributed by atoms with van der Waals surface area (Å²) in [6, 6.07) is 17.2. The van der Waals surface area contributed by atoms with Crippen molar-refractivity contribution in [1.82, 2.24) is 9.97 Å². The molecule has 0 bridgehead atoms. The summed E-state index contributed by atoms with van der Waals surface area (Å²) in [5.74, 6) is 2.06. The zero-order valence-electron chi connectivity index (χ0n) is 27.1. The van der Waals surface area contributed by atoms with E-state index in [2.05, 4.69) is 15.3 Å². The molecule has 4 atom stereocenters. The molecule has 4 aromatic rings. The van der Waals surface area contributed by atoms with E-state index < -0.39 is 5.97 Å². The molecular weight excluding hydrogens is 621 g/mol. The van der Waals surface area contributed by atoms with Crippen LogP contribution in [-0.2, 0) is 13.0 Å². The van der Waals surface area contributed by atoms with Crippen LogP contribution >= 0.6 is 11.3 Å². The number of carbonyl (C=O) groups is 2. The van der Waals surface area contributed by atoms with Gasteiger partial charge in [-0.15, -0.1) is 0 Å². The molecule has 1 spiro atoms. The molecule has 1 aliphatic heterocycles. The van der Waals surface area contributed by atoms with Gasteiger partial charge in [0.1, 0.15) is 5.82 Å². The van der Waals surface area contributed by atoms with Crippen LogP contribution in [-0.4, -0.2) is 45.8 Å². The van der Waals surface area contributed by atoms with Crippen molar-refractivity contribution >= 4 is 55.7 Å². The average molecular weight is 661 g/mol. The molecule has 0 saturated heterocycles. The van der Waals surface area contributed by atoms with Crippen LogP contribution in [0.1, 0.15) is 83.0 Å². The number of carbonyl (C=O) groups excluding carboxylic acids is 1. The molecule has 3 saturated carbocycles. The molecule has 2 aromatic carbocycles. The third-order valence-corrected chi connectivity index (χ3v) is 12.3. The Kier molecular flexibility index (Phi) is 7.78. The van der Waals surface area contributed by atoms with Gasteiger partial charge in [-0.05, 0) is 116 Å². The SMILES string of the molecule is CC(=NCCCC1CC2CC3CC23C1)/C(=C\N)c1ccc(N2CCc3cccc(C(=O)Nc4nc5ccccc5s4)c3C2)nc1C(=O)O. The van der Waals surface area contributed by atoms with E-state index in [-0.39, 0.29) is 11.6 Å². The van der Waals surface area contributed by atoms with Crippen molar-refractivity contribution in [3.63, 3.8) is 0 Å². The molecule has 4 unspecified atom stereocenters. The molecule has 0 radical (unpaired) electrons. The molecule has 2 aromatic heterocycles. The maximum absolute atomic E-state index is 13.5. The summed E-state index contributed by atoms with van der Waals surface area (Å²) in [6.07, 6.45) is 10.1. The first-order valence-corrected chi connectivity index (χ1v) is 17.9. The maximum Gasteiger partial charge on any atom is 0.355 e. The van der Waals surface area contributed by atoms with Gasteiger partial charge >= 0.3 is 5.97 Å². The largest absolute Gasteiger partial charge is 0.476 e. The number of aromatic carboxylic acids is 1. The molecule has 9 nitrogen and oxygen atoms in total.